The van der Waals surface area contributed by atoms with Crippen molar-refractivity contribution in [3.8, 4) is 0 Å². The molecule has 5 heterocycles. The molecule has 0 aromatic rings. The minimum absolute atomic E-state index is 0.306. The van der Waals surface area contributed by atoms with E-state index >= 15 is 0 Å². The molecule has 0 spiro atoms. The summed E-state index contributed by atoms with van der Waals surface area (Å²) in [6, 6.07) is 0. The van der Waals surface area contributed by atoms with E-state index in [0.717, 1.165) is 0 Å². The molecule has 0 saturated carbocycles. The van der Waals surface area contributed by atoms with E-state index in [0.29, 0.717) is 28.4 Å². The Morgan fingerprint density at radius 1 is 0.296 bits per heavy atom. The Hall–Kier alpha value is -2.83. The van der Waals surface area contributed by atoms with Gasteiger partial charge in [0.15, 0.2) is 55.9 Å². The summed E-state index contributed by atoms with van der Waals surface area (Å²) in [4.78, 5) is 26.0. The highest BCUT2D eigenvalue weighted by Crippen LogP contribution is 2.41. The van der Waals surface area contributed by atoms with E-state index in [9.17, 15) is 147 Å². The number of aliphatic hydroxyl groups is 2. The lowest BCUT2D eigenvalue weighted by Crippen LogP contribution is -2.70. The summed E-state index contributed by atoms with van der Waals surface area (Å²) in [7, 11) is -54.8. The fourth-order valence-electron chi connectivity index (χ4n) is 9.66. The molecular formula is C34H45O55S9-11. The summed E-state index contributed by atoms with van der Waals surface area (Å²) in [5.74, 6) is -5.51. The highest BCUT2D eigenvalue weighted by Gasteiger charge is 2.61. The molecule has 25 atom stereocenters. The second kappa shape index (κ2) is 33.1. The van der Waals surface area contributed by atoms with Crippen molar-refractivity contribution in [3.05, 3.63) is 0 Å². The van der Waals surface area contributed by atoms with Crippen LogP contribution < -0.4 is 10.2 Å². The Kier molecular flexibility index (Phi) is 29.0. The zero-order valence-corrected chi connectivity index (χ0v) is 55.1. The molecule has 5 saturated heterocycles. The molecule has 0 aromatic carbocycles. The Labute approximate surface area is 550 Å². The van der Waals surface area contributed by atoms with Crippen molar-refractivity contribution < 1.29 is 246 Å². The van der Waals surface area contributed by atoms with Gasteiger partial charge in [-0.2, -0.15) is 0 Å². The first-order chi connectivity index (χ1) is 44.5. The number of hydrogen-bond donors (Lipinski definition) is 2. The smallest absolute Gasteiger partial charge is 0.218 e. The number of methoxy groups -OCH3 is 4. The lowest BCUT2D eigenvalue weighted by molar-refractivity contribution is -0.397. The number of carboxylic acid groups (broad SMARTS) is 2. The van der Waals surface area contributed by atoms with Crippen LogP contribution in [0.5, 0.6) is 0 Å². The van der Waals surface area contributed by atoms with Crippen LogP contribution in [-0.4, -0.2) is 341 Å². The molecule has 64 heteroatoms. The van der Waals surface area contributed by atoms with Gasteiger partial charge in [-0.25, -0.2) is 75.8 Å². The van der Waals surface area contributed by atoms with E-state index in [1.807, 2.05) is 0 Å². The van der Waals surface area contributed by atoms with E-state index in [2.05, 4.69) is 37.6 Å². The molecule has 5 rings (SSSR count). The topological polar surface area (TPSA) is 839 Å². The van der Waals surface area contributed by atoms with E-state index in [1.54, 1.807) is 0 Å². The summed E-state index contributed by atoms with van der Waals surface area (Å²) in [5.41, 5.74) is 0. The molecular weight excluding hydrogens is 1580 g/mol. The molecule has 0 bridgehead atoms. The first kappa shape index (κ1) is 85.8. The molecule has 55 nitrogen and oxygen atoms in total. The minimum Gasteiger partial charge on any atom is -0.726 e. The second-order valence-electron chi connectivity index (χ2n) is 19.2. The van der Waals surface area contributed by atoms with Gasteiger partial charge in [0.25, 0.3) is 0 Å². The average molecular weight is 1620 g/mol. The van der Waals surface area contributed by atoms with Crippen LogP contribution in [0.1, 0.15) is 0 Å². The maximum Gasteiger partial charge on any atom is 0.218 e. The van der Waals surface area contributed by atoms with Gasteiger partial charge in [0.05, 0.1) is 31.8 Å². The highest BCUT2D eigenvalue weighted by atomic mass is 32.3. The molecule has 0 aliphatic carbocycles. The SMILES string of the molecule is CO[C@H]1O[C@H](COS(=O)(=O)[O-])[C@@H](O[C@@H]2O[C@@H](C(=O)[O-])[C@@H](O[C@H]3O[C@H](COS(=O)(=O)[O-])[C@@H](O[C@@H]4O[C@H](C(=O)[O-])[C@@H](O[C@H]5O[C@H](COS(=O)(=O)[O-])[C@@H](O)[C@H](OC)[C@H]5OS(=O)(=O)[O-])[C@H](OC)[C@H]4O)[C@H](OS(=O)(=O)[O-])[C@H]3OS(=O)(=O)[O-])[C@H](OC)[C@H]2OS(=O)(=O)[O-])[C@H](OS(=O)(=O)[O-])[C@H]1OS(=O)(=O)[O-]. The quantitative estimate of drug-likeness (QED) is 0.0439. The Morgan fingerprint density at radius 2 is 0.551 bits per heavy atom. The molecule has 0 radical (unpaired) electrons. The number of ether oxygens (including phenoxy) is 13. The van der Waals surface area contributed by atoms with Crippen LogP contribution in [0.2, 0.25) is 0 Å². The van der Waals surface area contributed by atoms with Crippen LogP contribution >= 0.6 is 0 Å². The van der Waals surface area contributed by atoms with Gasteiger partial charge in [-0.05, 0) is 0 Å². The van der Waals surface area contributed by atoms with Crippen molar-refractivity contribution in [2.45, 2.75) is 154 Å². The first-order valence-electron chi connectivity index (χ1n) is 24.9. The fourth-order valence-corrected chi connectivity index (χ4v) is 13.4. The van der Waals surface area contributed by atoms with E-state index in [-0.39, 0.29) is 0 Å². The molecule has 98 heavy (non-hydrogen) atoms. The summed E-state index contributed by atoms with van der Waals surface area (Å²) >= 11 is 0. The van der Waals surface area contributed by atoms with Gasteiger partial charge in [-0.15, -0.1) is 0 Å². The molecule has 5 fully saturated rings. The van der Waals surface area contributed by atoms with Crippen molar-refractivity contribution in [1.82, 2.24) is 0 Å². The number of carbonyl (C=O) groups excluding carboxylic acids is 2. The lowest BCUT2D eigenvalue weighted by Gasteiger charge is -2.52. The average Bonchev–Trinajstić information content (AvgIpc) is 0.760. The Bertz CT molecular complexity index is 3810. The third kappa shape index (κ3) is 25.2. The van der Waals surface area contributed by atoms with Gasteiger partial charge in [0.2, 0.25) is 93.6 Å². The van der Waals surface area contributed by atoms with Gasteiger partial charge in [0.1, 0.15) is 97.7 Å². The van der Waals surface area contributed by atoms with Gasteiger partial charge in [-0.1, -0.05) is 0 Å². The zero-order chi connectivity index (χ0) is 74.8. The van der Waals surface area contributed by atoms with Crippen molar-refractivity contribution >= 4 is 106 Å². The van der Waals surface area contributed by atoms with Crippen LogP contribution in [0.3, 0.4) is 0 Å². The van der Waals surface area contributed by atoms with Gasteiger partial charge in [0, 0.05) is 28.4 Å². The van der Waals surface area contributed by atoms with E-state index < -0.39 is 279 Å². The summed E-state index contributed by atoms with van der Waals surface area (Å²) in [6.45, 7) is -5.60. The summed E-state index contributed by atoms with van der Waals surface area (Å²) in [5, 5.41) is 48.6. The van der Waals surface area contributed by atoms with Gasteiger partial charge < -0.3 is 133 Å². The molecule has 5 aliphatic heterocycles. The maximum absolute atomic E-state index is 13.1. The largest absolute Gasteiger partial charge is 0.726 e. The van der Waals surface area contributed by atoms with Crippen molar-refractivity contribution in [1.29, 1.82) is 0 Å². The monoisotopic (exact) mass is 1620 g/mol. The number of carbonyl (C=O) groups is 2. The molecule has 0 amide bonds. The number of aliphatic hydroxyl groups excluding tert-OH is 2. The standard InChI is InChI=1S/C34H56O55S9/c1-68-15-11(35)8(5-72-90(41,42)43)75-32(24(15)86-95(56,57)58)80-18-16(69-2)12(36)30(82-22(18)28(37)38)78-13-10(7-74-92(47,48)49)77-33(27(89-98(65,66)67)21(13)85-94(53,54)55)81-19-17(70-3)25(87-96(59,60)61)34(83-23(19)29(39)40)79-14-9(6-73-91(44,45)46)76-31(71-4)26(88-97(62,63)64)20(14)84-93(50,51)52/h8-27,30-36H,5-7H2,1-4H3,(H,37,38)(H,39,40)(H,41,42,43)(H,44,45,46)(H,47,48,49)(H,50,51,52)(H,53,54,55)(H,56,57,58)(H,59,60,61)(H,62,63,64)(H,65,66,67)/p-11/t8-,9-,10-,11-,12-,13-,14-,15+,16-,17+,18+,19+,20+,21+,22+,23-,24-,25-,26-,27-,30-,31+,32-,33-,34-/m1/s1. The third-order valence-electron chi connectivity index (χ3n) is 13.0. The number of aliphatic carboxylic acids is 2. The van der Waals surface area contributed by atoms with Gasteiger partial charge >= 0.3 is 0 Å². The van der Waals surface area contributed by atoms with Crippen LogP contribution in [0.25, 0.3) is 0 Å². The first-order valence-corrected chi connectivity index (χ1v) is 36.9. The van der Waals surface area contributed by atoms with Crippen molar-refractivity contribution in [3.63, 3.8) is 0 Å². The maximum atomic E-state index is 13.1. The second-order valence-corrected chi connectivity index (χ2v) is 28.4. The summed E-state index contributed by atoms with van der Waals surface area (Å²) < 4.78 is 430. The van der Waals surface area contributed by atoms with E-state index in [4.69, 9.17) is 61.6 Å². The van der Waals surface area contributed by atoms with Crippen molar-refractivity contribution in [2.24, 2.45) is 0 Å². The predicted molar refractivity (Wildman–Crippen MR) is 259 cm³/mol. The summed E-state index contributed by atoms with van der Waals surface area (Å²) in [6.07, 6.45) is -75.6. The van der Waals surface area contributed by atoms with Crippen LogP contribution in [0, 0.1) is 0 Å². The fraction of sp³-hybridized carbons (Fsp3) is 0.941. The number of rotatable bonds is 35. The molecule has 0 aromatic heterocycles. The molecule has 2 N–H and O–H groups in total. The third-order valence-corrected chi connectivity index (χ3v) is 17.0. The molecule has 5 aliphatic rings. The molecule has 576 valence electrons. The van der Waals surface area contributed by atoms with E-state index in [1.165, 1.54) is 0 Å². The Balaban J connectivity index is 1.67. The number of carboxylic acids is 2. The van der Waals surface area contributed by atoms with Crippen molar-refractivity contribution in [2.75, 3.05) is 48.3 Å². The van der Waals surface area contributed by atoms with Crippen LogP contribution in [-0.2, 0) is 202 Å². The molecule has 0 unspecified atom stereocenters. The van der Waals surface area contributed by atoms with Crippen LogP contribution in [0.15, 0.2) is 0 Å². The normalized spacial score (nSPS) is 36.9. The minimum atomic E-state index is -6.74. The zero-order valence-electron chi connectivity index (χ0n) is 47.8. The van der Waals surface area contributed by atoms with Gasteiger partial charge in [-0.3, -0.25) is 37.6 Å². The Morgan fingerprint density at radius 3 is 0.888 bits per heavy atom. The van der Waals surface area contributed by atoms with Crippen LogP contribution in [0.4, 0.5) is 0 Å². The lowest BCUT2D eigenvalue weighted by atomic mass is 9.95. The predicted octanol–water partition coefficient (Wildman–Crippen LogP) is -16.4. The highest BCUT2D eigenvalue weighted by molar-refractivity contribution is 7.82. The number of hydrogen-bond acceptors (Lipinski definition) is 55.